The van der Waals surface area contributed by atoms with E-state index in [2.05, 4.69) is 13.8 Å². The molecule has 1 nitrogen and oxygen atoms in total. The minimum atomic E-state index is -1.16. The van der Waals surface area contributed by atoms with Crippen molar-refractivity contribution in [3.05, 3.63) is 0 Å². The molecule has 0 aromatic carbocycles. The van der Waals surface area contributed by atoms with Crippen LogP contribution in [0.4, 0.5) is 4.39 Å². The maximum Gasteiger partial charge on any atom is 0.149 e. The molecule has 0 bridgehead atoms. The molecular formula is C11H24FOP. The van der Waals surface area contributed by atoms with Crippen LogP contribution in [0.3, 0.4) is 0 Å². The highest BCUT2D eigenvalue weighted by Crippen LogP contribution is 2.34. The fourth-order valence-corrected chi connectivity index (χ4v) is 1.50. The highest BCUT2D eigenvalue weighted by Gasteiger charge is 2.29. The second kappa shape index (κ2) is 6.74. The van der Waals surface area contributed by atoms with E-state index in [4.69, 9.17) is 4.74 Å². The molecule has 0 heterocycles. The summed E-state index contributed by atoms with van der Waals surface area (Å²) in [5, 5.41) is -1.16. The van der Waals surface area contributed by atoms with Gasteiger partial charge >= 0.3 is 0 Å². The lowest BCUT2D eigenvalue weighted by Crippen LogP contribution is -2.30. The second-order valence-electron chi connectivity index (χ2n) is 4.14. The first kappa shape index (κ1) is 14.3. The number of halogens is 1. The number of hydrogen-bond donors (Lipinski definition) is 0. The van der Waals surface area contributed by atoms with E-state index in [1.54, 1.807) is 6.92 Å². The molecule has 0 saturated carbocycles. The lowest BCUT2D eigenvalue weighted by molar-refractivity contribution is -0.00453. The van der Waals surface area contributed by atoms with Crippen molar-refractivity contribution in [1.82, 2.24) is 0 Å². The van der Waals surface area contributed by atoms with E-state index < -0.39 is 5.41 Å². The SMILES string of the molecule is CCC(C)CCOC(C)C(C)(F)PC. The van der Waals surface area contributed by atoms with Gasteiger partial charge in [-0.3, -0.25) is 0 Å². The molecular weight excluding hydrogens is 198 g/mol. The molecule has 0 N–H and O–H groups in total. The van der Waals surface area contributed by atoms with Crippen molar-refractivity contribution in [2.45, 2.75) is 52.1 Å². The summed E-state index contributed by atoms with van der Waals surface area (Å²) in [6.45, 7) is 10.4. The zero-order valence-corrected chi connectivity index (χ0v) is 11.1. The Kier molecular flexibility index (Phi) is 6.89. The first-order valence-corrected chi connectivity index (χ1v) is 6.93. The Bertz CT molecular complexity index is 150. The van der Waals surface area contributed by atoms with Crippen LogP contribution >= 0.6 is 8.58 Å². The monoisotopic (exact) mass is 222 g/mol. The van der Waals surface area contributed by atoms with Crippen LogP contribution in [0.1, 0.15) is 40.5 Å². The molecule has 3 heteroatoms. The Balaban J connectivity index is 3.69. The van der Waals surface area contributed by atoms with Crippen molar-refractivity contribution in [2.75, 3.05) is 13.3 Å². The first-order valence-electron chi connectivity index (χ1n) is 5.43. The first-order chi connectivity index (χ1) is 6.44. The average molecular weight is 222 g/mol. The maximum atomic E-state index is 13.7. The normalized spacial score (nSPS) is 21.0. The molecule has 0 radical (unpaired) electrons. The van der Waals surface area contributed by atoms with Crippen LogP contribution < -0.4 is 0 Å². The van der Waals surface area contributed by atoms with Gasteiger partial charge in [0.25, 0.3) is 0 Å². The lowest BCUT2D eigenvalue weighted by atomic mass is 10.1. The molecule has 0 aliphatic rings. The molecule has 86 valence electrons. The van der Waals surface area contributed by atoms with Crippen molar-refractivity contribution in [3.8, 4) is 0 Å². The van der Waals surface area contributed by atoms with E-state index >= 15 is 0 Å². The van der Waals surface area contributed by atoms with Crippen LogP contribution in [0.5, 0.6) is 0 Å². The molecule has 0 aliphatic heterocycles. The number of alkyl halides is 1. The van der Waals surface area contributed by atoms with Crippen LogP contribution in [0, 0.1) is 5.92 Å². The average Bonchev–Trinajstić information content (AvgIpc) is 2.17. The Morgan fingerprint density at radius 1 is 1.43 bits per heavy atom. The Morgan fingerprint density at radius 2 is 2.00 bits per heavy atom. The predicted molar refractivity (Wildman–Crippen MR) is 63.2 cm³/mol. The molecule has 0 amide bonds. The summed E-state index contributed by atoms with van der Waals surface area (Å²) in [5.41, 5.74) is 0. The predicted octanol–water partition coefficient (Wildman–Crippen LogP) is 3.82. The van der Waals surface area contributed by atoms with Gasteiger partial charge in [0, 0.05) is 6.61 Å². The molecule has 14 heavy (non-hydrogen) atoms. The van der Waals surface area contributed by atoms with E-state index in [1.807, 2.05) is 13.6 Å². The largest absolute Gasteiger partial charge is 0.375 e. The quantitative estimate of drug-likeness (QED) is 0.595. The highest BCUT2D eigenvalue weighted by molar-refractivity contribution is 7.38. The topological polar surface area (TPSA) is 9.23 Å². The van der Waals surface area contributed by atoms with Crippen LogP contribution in [0.25, 0.3) is 0 Å². The Labute approximate surface area is 89.6 Å². The van der Waals surface area contributed by atoms with Gasteiger partial charge in [-0.1, -0.05) is 28.8 Å². The Hall–Kier alpha value is 0.320. The molecule has 0 spiro atoms. The van der Waals surface area contributed by atoms with Gasteiger partial charge < -0.3 is 4.74 Å². The van der Waals surface area contributed by atoms with Crippen LogP contribution in [0.15, 0.2) is 0 Å². The molecule has 0 saturated heterocycles. The van der Waals surface area contributed by atoms with Gasteiger partial charge in [-0.25, -0.2) is 4.39 Å². The van der Waals surface area contributed by atoms with E-state index in [-0.39, 0.29) is 14.7 Å². The van der Waals surface area contributed by atoms with E-state index in [0.29, 0.717) is 12.5 Å². The lowest BCUT2D eigenvalue weighted by Gasteiger charge is -2.26. The molecule has 0 aromatic rings. The van der Waals surface area contributed by atoms with Gasteiger partial charge in [-0.15, -0.1) is 0 Å². The van der Waals surface area contributed by atoms with Gasteiger partial charge in [0.2, 0.25) is 0 Å². The zero-order chi connectivity index (χ0) is 11.2. The van der Waals surface area contributed by atoms with E-state index in [9.17, 15) is 4.39 Å². The van der Waals surface area contributed by atoms with Crippen molar-refractivity contribution in [3.63, 3.8) is 0 Å². The smallest absolute Gasteiger partial charge is 0.149 e. The van der Waals surface area contributed by atoms with E-state index in [0.717, 1.165) is 6.42 Å². The zero-order valence-electron chi connectivity index (χ0n) is 10.1. The van der Waals surface area contributed by atoms with Crippen LogP contribution in [-0.2, 0) is 4.74 Å². The van der Waals surface area contributed by atoms with Gasteiger partial charge in [-0.2, -0.15) is 0 Å². The second-order valence-corrected chi connectivity index (χ2v) is 5.62. The van der Waals surface area contributed by atoms with Crippen molar-refractivity contribution < 1.29 is 9.13 Å². The highest BCUT2D eigenvalue weighted by atomic mass is 31.1. The third-order valence-corrected chi connectivity index (χ3v) is 4.31. The van der Waals surface area contributed by atoms with Gasteiger partial charge in [0.05, 0.1) is 6.10 Å². The molecule has 0 fully saturated rings. The van der Waals surface area contributed by atoms with Gasteiger partial charge in [0.15, 0.2) is 0 Å². The molecule has 4 unspecified atom stereocenters. The van der Waals surface area contributed by atoms with Crippen LogP contribution in [-0.4, -0.2) is 24.8 Å². The fourth-order valence-electron chi connectivity index (χ4n) is 1.01. The molecule has 4 atom stereocenters. The Morgan fingerprint density at radius 3 is 2.43 bits per heavy atom. The standard InChI is InChI=1S/C11H24FOP/c1-6-9(2)7-8-13-10(3)11(4,12)14-5/h9-10,14H,6-8H2,1-5H3. The molecule has 0 aromatic heterocycles. The van der Waals surface area contributed by atoms with Crippen molar-refractivity contribution in [1.29, 1.82) is 0 Å². The molecule has 0 rings (SSSR count). The number of rotatable bonds is 7. The van der Waals surface area contributed by atoms with Crippen LogP contribution in [0.2, 0.25) is 0 Å². The summed E-state index contributed by atoms with van der Waals surface area (Å²) in [7, 11) is 0.279. The van der Waals surface area contributed by atoms with Crippen molar-refractivity contribution in [2.24, 2.45) is 5.92 Å². The third-order valence-electron chi connectivity index (χ3n) is 2.93. The van der Waals surface area contributed by atoms with Gasteiger partial charge in [-0.05, 0) is 32.9 Å². The summed E-state index contributed by atoms with van der Waals surface area (Å²) >= 11 is 0. The maximum absolute atomic E-state index is 13.7. The summed E-state index contributed by atoms with van der Waals surface area (Å²) in [6.07, 6.45) is 1.92. The van der Waals surface area contributed by atoms with Gasteiger partial charge in [0.1, 0.15) is 5.41 Å². The number of hydrogen-bond acceptors (Lipinski definition) is 1. The third kappa shape index (κ3) is 5.26. The fraction of sp³-hybridized carbons (Fsp3) is 1.00. The minimum absolute atomic E-state index is 0.279. The van der Waals surface area contributed by atoms with Crippen molar-refractivity contribution >= 4 is 8.58 Å². The summed E-state index contributed by atoms with van der Waals surface area (Å²) in [5.74, 6) is 0.678. The summed E-state index contributed by atoms with van der Waals surface area (Å²) < 4.78 is 19.2. The summed E-state index contributed by atoms with van der Waals surface area (Å²) in [4.78, 5) is 0. The molecule has 0 aliphatic carbocycles. The summed E-state index contributed by atoms with van der Waals surface area (Å²) in [6, 6.07) is 0. The minimum Gasteiger partial charge on any atom is -0.375 e. The number of ether oxygens (including phenoxy) is 1. The van der Waals surface area contributed by atoms with E-state index in [1.165, 1.54) is 6.42 Å².